The van der Waals surface area contributed by atoms with E-state index in [1.54, 1.807) is 48.5 Å². The highest BCUT2D eigenvalue weighted by Crippen LogP contribution is 2.34. The van der Waals surface area contributed by atoms with Crippen molar-refractivity contribution in [3.8, 4) is 0 Å². The summed E-state index contributed by atoms with van der Waals surface area (Å²) >= 11 is 0. The molecule has 0 atom stereocenters. The van der Waals surface area contributed by atoms with E-state index in [0.717, 1.165) is 59.2 Å². The first kappa shape index (κ1) is 52.3. The van der Waals surface area contributed by atoms with Gasteiger partial charge in [-0.25, -0.2) is 24.5 Å². The number of hydrogen-bond donors (Lipinski definition) is 0. The molecule has 15 heteroatoms. The van der Waals surface area contributed by atoms with Gasteiger partial charge in [-0.05, 0) is 120 Å². The van der Waals surface area contributed by atoms with Crippen molar-refractivity contribution in [2.24, 2.45) is 0 Å². The lowest BCUT2D eigenvalue weighted by Gasteiger charge is -2.23. The van der Waals surface area contributed by atoms with Crippen LogP contribution in [-0.2, 0) is 73.6 Å². The Bertz CT molecular complexity index is 3060. The molecule has 0 aromatic heterocycles. The Morgan fingerprint density at radius 2 is 0.568 bits per heavy atom. The first-order chi connectivity index (χ1) is 35.1. The Hall–Kier alpha value is -9.50. The van der Waals surface area contributed by atoms with Crippen molar-refractivity contribution in [1.82, 2.24) is 0 Å². The van der Waals surface area contributed by atoms with Gasteiger partial charge in [-0.2, -0.15) is 0 Å². The largest absolute Gasteiger partial charge is 0.269 e. The number of anilines is 5. The summed E-state index contributed by atoms with van der Waals surface area (Å²) in [6.07, 6.45) is 15.4. The predicted octanol–water partition coefficient (Wildman–Crippen LogP) is 7.77. The topological polar surface area (TPSA) is 187 Å². The van der Waals surface area contributed by atoms with Gasteiger partial charge in [-0.1, -0.05) is 88.0 Å². The molecule has 5 aromatic rings. The molecule has 10 rings (SSSR count). The zero-order valence-electron chi connectivity index (χ0n) is 40.2. The van der Waals surface area contributed by atoms with Crippen LogP contribution in [0.15, 0.2) is 164 Å². The maximum atomic E-state index is 12.2. The van der Waals surface area contributed by atoms with E-state index in [1.165, 1.54) is 70.6 Å². The highest BCUT2D eigenvalue weighted by molar-refractivity contribution is 6.31. The predicted molar refractivity (Wildman–Crippen MR) is 281 cm³/mol. The average Bonchev–Trinajstić information content (AvgIpc) is 4.18. The first-order valence-corrected chi connectivity index (χ1v) is 23.3. The van der Waals surface area contributed by atoms with Gasteiger partial charge in [0.15, 0.2) is 0 Å². The number of para-hydroxylation sites is 1. The molecular formula is C59H51N5O10. The molecule has 74 heavy (non-hydrogen) atoms. The lowest BCUT2D eigenvalue weighted by atomic mass is 9.93. The minimum absolute atomic E-state index is 0. The molecule has 0 saturated carbocycles. The van der Waals surface area contributed by atoms with Crippen molar-refractivity contribution in [3.05, 3.63) is 208 Å². The van der Waals surface area contributed by atoms with Crippen molar-refractivity contribution < 1.29 is 47.9 Å². The third-order valence-corrected chi connectivity index (χ3v) is 12.4. The Morgan fingerprint density at radius 1 is 0.311 bits per heavy atom. The van der Waals surface area contributed by atoms with Crippen LogP contribution in [0.2, 0.25) is 0 Å². The van der Waals surface area contributed by atoms with E-state index in [4.69, 9.17) is 0 Å². The maximum Gasteiger partial charge on any atom is 0.258 e. The molecule has 0 N–H and O–H groups in total. The van der Waals surface area contributed by atoms with Crippen LogP contribution in [0.25, 0.3) is 0 Å². The van der Waals surface area contributed by atoms with Crippen LogP contribution in [0.3, 0.4) is 0 Å². The van der Waals surface area contributed by atoms with Crippen molar-refractivity contribution in [3.63, 3.8) is 0 Å². The molecule has 0 fully saturated rings. The van der Waals surface area contributed by atoms with Crippen LogP contribution in [0.5, 0.6) is 0 Å². The molecule has 5 aliphatic rings. The van der Waals surface area contributed by atoms with Crippen molar-refractivity contribution in [2.75, 3.05) is 24.5 Å². The molecule has 10 amide bonds. The lowest BCUT2D eigenvalue weighted by molar-refractivity contribution is -0.121. The quantitative estimate of drug-likeness (QED) is 0.118. The van der Waals surface area contributed by atoms with E-state index in [1.807, 2.05) is 82.3 Å². The van der Waals surface area contributed by atoms with E-state index >= 15 is 0 Å². The number of rotatable bonds is 11. The van der Waals surface area contributed by atoms with E-state index < -0.39 is 0 Å². The summed E-state index contributed by atoms with van der Waals surface area (Å²) in [7, 11) is 0. The molecule has 0 spiro atoms. The van der Waals surface area contributed by atoms with Gasteiger partial charge in [-0.3, -0.25) is 47.9 Å². The zero-order chi connectivity index (χ0) is 52.1. The first-order valence-electron chi connectivity index (χ1n) is 23.3. The fourth-order valence-electron chi connectivity index (χ4n) is 9.03. The van der Waals surface area contributed by atoms with Gasteiger partial charge in [0.25, 0.3) is 59.1 Å². The SMILES string of the molecule is C.CCc1cc(Cc2cc(C)c(N3C(=O)C=CC3=O)c(CC)c2)cc(C)c1N1C(=O)C=CC1=O.O=C1C=CC(=O)N1c1ccc(Cc2ccc(N3C(=O)C=CC3=O)cc2)cc1.O=C1C=CC(=O)N1c1ccccc1. The van der Waals surface area contributed by atoms with Crippen LogP contribution in [0.1, 0.15) is 65.8 Å². The molecule has 0 unspecified atom stereocenters. The van der Waals surface area contributed by atoms with E-state index in [2.05, 4.69) is 0 Å². The van der Waals surface area contributed by atoms with Crippen LogP contribution in [-0.4, -0.2) is 59.1 Å². The van der Waals surface area contributed by atoms with Gasteiger partial charge < -0.3 is 0 Å². The smallest absolute Gasteiger partial charge is 0.258 e. The molecule has 15 nitrogen and oxygen atoms in total. The Morgan fingerprint density at radius 3 is 0.851 bits per heavy atom. The van der Waals surface area contributed by atoms with Crippen molar-refractivity contribution in [2.45, 2.75) is 60.8 Å². The summed E-state index contributed by atoms with van der Waals surface area (Å²) in [5.74, 6) is -3.20. The molecule has 0 bridgehead atoms. The van der Waals surface area contributed by atoms with Gasteiger partial charge in [0, 0.05) is 60.8 Å². The maximum absolute atomic E-state index is 12.2. The summed E-state index contributed by atoms with van der Waals surface area (Å²) in [5.41, 5.74) is 10.8. The number of benzene rings is 5. The standard InChI is InChI=1S/C27H26N2O4.C21H14N2O4.C10H7NO2.CH4/c1-5-20-14-18(11-16(3)26(20)28-22(30)7-8-23(28)31)13-19-12-17(4)27(21(6-2)15-19)29-24(32)9-10-25(29)33;24-18-9-10-19(25)22(18)16-5-1-14(2-6-16)13-15-3-7-17(8-4-15)23-20(26)11-12-21(23)27;12-9-6-7-10(13)11(9)8-4-2-1-3-5-8;/h7-12,14-15H,5-6,13H2,1-4H3;1-12H,13H2;1-7H;1H4. The molecule has 5 heterocycles. The number of imide groups is 5. The second-order valence-corrected chi connectivity index (χ2v) is 17.3. The zero-order valence-corrected chi connectivity index (χ0v) is 40.2. The summed E-state index contributed by atoms with van der Waals surface area (Å²) < 4.78 is 0. The summed E-state index contributed by atoms with van der Waals surface area (Å²) in [5, 5.41) is 0. The fourth-order valence-corrected chi connectivity index (χ4v) is 9.03. The minimum Gasteiger partial charge on any atom is -0.269 e. The summed E-state index contributed by atoms with van der Waals surface area (Å²) in [6.45, 7) is 7.85. The van der Waals surface area contributed by atoms with Gasteiger partial charge in [0.2, 0.25) is 0 Å². The van der Waals surface area contributed by atoms with Crippen LogP contribution < -0.4 is 24.5 Å². The second kappa shape index (κ2) is 22.3. The van der Waals surface area contributed by atoms with E-state index in [-0.39, 0.29) is 66.5 Å². The minimum atomic E-state index is -0.344. The number of nitrogens with zero attached hydrogens (tertiary/aromatic N) is 5. The molecule has 0 radical (unpaired) electrons. The Kier molecular flexibility index (Phi) is 15.8. The number of carbonyl (C=O) groups is 10. The van der Waals surface area contributed by atoms with E-state index in [0.29, 0.717) is 54.1 Å². The number of amides is 10. The number of hydrogen-bond acceptors (Lipinski definition) is 10. The third-order valence-electron chi connectivity index (χ3n) is 12.4. The molecule has 372 valence electrons. The van der Waals surface area contributed by atoms with Gasteiger partial charge >= 0.3 is 0 Å². The summed E-state index contributed by atoms with van der Waals surface area (Å²) in [6, 6.07) is 31.4. The monoisotopic (exact) mass is 989 g/mol. The molecule has 0 aliphatic carbocycles. The normalized spacial score (nSPS) is 15.5. The summed E-state index contributed by atoms with van der Waals surface area (Å²) in [4.78, 5) is 124. The molecule has 5 aliphatic heterocycles. The Balaban J connectivity index is 0.000000175. The van der Waals surface area contributed by atoms with Crippen molar-refractivity contribution >= 4 is 87.5 Å². The molecule has 0 saturated heterocycles. The molecule has 5 aromatic carbocycles. The van der Waals surface area contributed by atoms with Crippen LogP contribution in [0.4, 0.5) is 28.4 Å². The lowest BCUT2D eigenvalue weighted by Crippen LogP contribution is -2.31. The highest BCUT2D eigenvalue weighted by Gasteiger charge is 2.31. The fraction of sp³-hybridized carbons (Fsp3) is 0.153. The van der Waals surface area contributed by atoms with Crippen LogP contribution >= 0.6 is 0 Å². The van der Waals surface area contributed by atoms with E-state index in [9.17, 15) is 47.9 Å². The van der Waals surface area contributed by atoms with Gasteiger partial charge in [0.1, 0.15) is 0 Å². The van der Waals surface area contributed by atoms with Gasteiger partial charge in [-0.15, -0.1) is 0 Å². The van der Waals surface area contributed by atoms with Crippen LogP contribution in [0, 0.1) is 13.8 Å². The highest BCUT2D eigenvalue weighted by atomic mass is 16.2. The van der Waals surface area contributed by atoms with Gasteiger partial charge in [0.05, 0.1) is 28.4 Å². The number of carbonyl (C=O) groups excluding carboxylic acids is 10. The van der Waals surface area contributed by atoms with Crippen molar-refractivity contribution in [1.29, 1.82) is 0 Å². The number of aryl methyl sites for hydroxylation is 4. The Labute approximate surface area is 427 Å². The third kappa shape index (κ3) is 10.9. The molecular weight excluding hydrogens is 939 g/mol. The second-order valence-electron chi connectivity index (χ2n) is 17.3. The average molecular weight is 990 g/mol.